The lowest BCUT2D eigenvalue weighted by atomic mass is 9.70. The zero-order valence-corrected chi connectivity index (χ0v) is 12.0. The van der Waals surface area contributed by atoms with E-state index in [4.69, 9.17) is 0 Å². The maximum absolute atomic E-state index is 10.9. The summed E-state index contributed by atoms with van der Waals surface area (Å²) < 4.78 is 0.875. The van der Waals surface area contributed by atoms with E-state index in [9.17, 15) is 10.1 Å². The first-order valence-electron chi connectivity index (χ1n) is 6.14. The van der Waals surface area contributed by atoms with Gasteiger partial charge in [-0.15, -0.1) is 0 Å². The Hall–Kier alpha value is -0.940. The lowest BCUT2D eigenvalue weighted by molar-refractivity contribution is -0.385. The number of hydrogen-bond donors (Lipinski definition) is 1. The van der Waals surface area contributed by atoms with Crippen molar-refractivity contribution in [1.29, 1.82) is 0 Å². The molecule has 98 valence electrons. The molecule has 1 saturated carbocycles. The van der Waals surface area contributed by atoms with Gasteiger partial charge in [-0.1, -0.05) is 29.3 Å². The molecule has 0 aromatic heterocycles. The Labute approximate surface area is 115 Å². The van der Waals surface area contributed by atoms with E-state index in [-0.39, 0.29) is 10.6 Å². The minimum absolute atomic E-state index is 0.185. The fraction of sp³-hybridized carbons (Fsp3) is 0.538. The lowest BCUT2D eigenvalue weighted by Gasteiger charge is -2.38. The number of nitrogens with zero attached hydrogens (tertiary/aromatic N) is 1. The van der Waals surface area contributed by atoms with Crippen LogP contribution in [0.3, 0.4) is 0 Å². The third-order valence-electron chi connectivity index (χ3n) is 3.67. The highest BCUT2D eigenvalue weighted by Crippen LogP contribution is 2.39. The van der Waals surface area contributed by atoms with Crippen LogP contribution in [0.15, 0.2) is 22.7 Å². The van der Waals surface area contributed by atoms with E-state index in [1.807, 2.05) is 6.07 Å². The SMILES string of the molecule is CC1(CNCc2cc(Br)ccc2[N+](=O)[O-])CCC1. The normalized spacial score (nSPS) is 17.2. The zero-order valence-electron chi connectivity index (χ0n) is 10.4. The quantitative estimate of drug-likeness (QED) is 0.667. The second-order valence-corrected chi connectivity index (χ2v) is 6.21. The van der Waals surface area contributed by atoms with Crippen LogP contribution in [0.4, 0.5) is 5.69 Å². The van der Waals surface area contributed by atoms with Crippen molar-refractivity contribution < 1.29 is 4.92 Å². The number of halogens is 1. The molecule has 1 aromatic carbocycles. The van der Waals surface area contributed by atoms with Gasteiger partial charge in [0.2, 0.25) is 0 Å². The molecule has 1 aliphatic rings. The Morgan fingerprint density at radius 1 is 1.50 bits per heavy atom. The maximum Gasteiger partial charge on any atom is 0.273 e. The van der Waals surface area contributed by atoms with Gasteiger partial charge >= 0.3 is 0 Å². The van der Waals surface area contributed by atoms with Crippen molar-refractivity contribution >= 4 is 21.6 Å². The van der Waals surface area contributed by atoms with E-state index in [1.165, 1.54) is 19.3 Å². The minimum Gasteiger partial charge on any atom is -0.312 e. The molecule has 0 radical (unpaired) electrons. The molecule has 0 unspecified atom stereocenters. The molecule has 0 bridgehead atoms. The van der Waals surface area contributed by atoms with Gasteiger partial charge in [0.15, 0.2) is 0 Å². The summed E-state index contributed by atoms with van der Waals surface area (Å²) in [5.41, 5.74) is 1.31. The Bertz CT molecular complexity index is 458. The smallest absolute Gasteiger partial charge is 0.273 e. The van der Waals surface area contributed by atoms with E-state index >= 15 is 0 Å². The van der Waals surface area contributed by atoms with Gasteiger partial charge in [0.05, 0.1) is 4.92 Å². The van der Waals surface area contributed by atoms with Crippen LogP contribution in [0, 0.1) is 15.5 Å². The van der Waals surface area contributed by atoms with Gasteiger partial charge in [-0.3, -0.25) is 10.1 Å². The molecule has 0 atom stereocenters. The molecule has 0 spiro atoms. The monoisotopic (exact) mass is 312 g/mol. The summed E-state index contributed by atoms with van der Waals surface area (Å²) in [4.78, 5) is 10.6. The fourth-order valence-electron chi connectivity index (χ4n) is 2.33. The predicted octanol–water partition coefficient (Wildman–Crippen LogP) is 3.64. The summed E-state index contributed by atoms with van der Waals surface area (Å²) >= 11 is 3.35. The molecule has 0 heterocycles. The molecule has 0 aliphatic heterocycles. The lowest BCUT2D eigenvalue weighted by Crippen LogP contribution is -2.37. The maximum atomic E-state index is 10.9. The van der Waals surface area contributed by atoms with E-state index in [0.717, 1.165) is 16.6 Å². The molecule has 1 aromatic rings. The number of nitrogens with one attached hydrogen (secondary N) is 1. The van der Waals surface area contributed by atoms with E-state index < -0.39 is 0 Å². The predicted molar refractivity (Wildman–Crippen MR) is 74.5 cm³/mol. The van der Waals surface area contributed by atoms with Gasteiger partial charge in [0.25, 0.3) is 5.69 Å². The van der Waals surface area contributed by atoms with Gasteiger partial charge in [0, 0.05) is 29.2 Å². The first-order valence-corrected chi connectivity index (χ1v) is 6.93. The van der Waals surface area contributed by atoms with Crippen LogP contribution in [-0.2, 0) is 6.54 Å². The Morgan fingerprint density at radius 2 is 2.22 bits per heavy atom. The van der Waals surface area contributed by atoms with Crippen LogP contribution in [0.25, 0.3) is 0 Å². The highest BCUT2D eigenvalue weighted by atomic mass is 79.9. The number of rotatable bonds is 5. The summed E-state index contributed by atoms with van der Waals surface area (Å²) in [7, 11) is 0. The Morgan fingerprint density at radius 3 is 2.78 bits per heavy atom. The van der Waals surface area contributed by atoms with Crippen LogP contribution >= 0.6 is 15.9 Å². The van der Waals surface area contributed by atoms with Crippen molar-refractivity contribution in [3.05, 3.63) is 38.3 Å². The van der Waals surface area contributed by atoms with Crippen LogP contribution in [0.1, 0.15) is 31.7 Å². The van der Waals surface area contributed by atoms with Crippen molar-refractivity contribution in [2.75, 3.05) is 6.54 Å². The van der Waals surface area contributed by atoms with Gasteiger partial charge in [-0.2, -0.15) is 0 Å². The minimum atomic E-state index is -0.325. The Balaban J connectivity index is 1.99. The summed E-state index contributed by atoms with van der Waals surface area (Å²) in [6.45, 7) is 3.74. The van der Waals surface area contributed by atoms with Crippen LogP contribution in [0.5, 0.6) is 0 Å². The first-order chi connectivity index (χ1) is 8.50. The largest absolute Gasteiger partial charge is 0.312 e. The van der Waals surface area contributed by atoms with Crippen molar-refractivity contribution in [2.24, 2.45) is 5.41 Å². The molecule has 1 N–H and O–H groups in total. The highest BCUT2D eigenvalue weighted by molar-refractivity contribution is 9.10. The standard InChI is InChI=1S/C13H17BrN2O2/c1-13(5-2-6-13)9-15-8-10-7-11(14)3-4-12(10)16(17)18/h3-4,7,15H,2,5-6,8-9H2,1H3. The van der Waals surface area contributed by atoms with Crippen molar-refractivity contribution in [3.63, 3.8) is 0 Å². The number of hydrogen-bond acceptors (Lipinski definition) is 3. The van der Waals surface area contributed by atoms with E-state index in [0.29, 0.717) is 12.0 Å². The Kier molecular flexibility index (Phi) is 4.02. The second kappa shape index (κ2) is 5.36. The molecule has 5 heteroatoms. The van der Waals surface area contributed by atoms with Crippen molar-refractivity contribution in [1.82, 2.24) is 5.32 Å². The zero-order chi connectivity index (χ0) is 13.2. The van der Waals surface area contributed by atoms with Crippen molar-refractivity contribution in [2.45, 2.75) is 32.7 Å². The van der Waals surface area contributed by atoms with Crippen LogP contribution < -0.4 is 5.32 Å². The number of nitro groups is 1. The topological polar surface area (TPSA) is 55.2 Å². The average Bonchev–Trinajstić information content (AvgIpc) is 2.26. The van der Waals surface area contributed by atoms with Gasteiger partial charge in [-0.05, 0) is 30.4 Å². The molecular formula is C13H17BrN2O2. The van der Waals surface area contributed by atoms with Gasteiger partial charge in [0.1, 0.15) is 0 Å². The number of benzene rings is 1. The van der Waals surface area contributed by atoms with Crippen LogP contribution in [-0.4, -0.2) is 11.5 Å². The molecule has 18 heavy (non-hydrogen) atoms. The summed E-state index contributed by atoms with van der Waals surface area (Å²) in [5.74, 6) is 0. The molecule has 4 nitrogen and oxygen atoms in total. The van der Waals surface area contributed by atoms with E-state index in [1.54, 1.807) is 12.1 Å². The third kappa shape index (κ3) is 3.09. The van der Waals surface area contributed by atoms with E-state index in [2.05, 4.69) is 28.2 Å². The van der Waals surface area contributed by atoms with Crippen LogP contribution in [0.2, 0.25) is 0 Å². The molecule has 2 rings (SSSR count). The fourth-order valence-corrected chi connectivity index (χ4v) is 2.74. The summed E-state index contributed by atoms with van der Waals surface area (Å²) in [5, 5.41) is 14.3. The number of nitro benzene ring substituents is 1. The first kappa shape index (κ1) is 13.5. The average molecular weight is 313 g/mol. The second-order valence-electron chi connectivity index (χ2n) is 5.30. The molecule has 1 fully saturated rings. The summed E-state index contributed by atoms with van der Waals surface area (Å²) in [6.07, 6.45) is 3.80. The van der Waals surface area contributed by atoms with Gasteiger partial charge < -0.3 is 5.32 Å². The van der Waals surface area contributed by atoms with Gasteiger partial charge in [-0.25, -0.2) is 0 Å². The highest BCUT2D eigenvalue weighted by Gasteiger charge is 2.31. The molecule has 0 amide bonds. The van der Waals surface area contributed by atoms with Crippen molar-refractivity contribution in [3.8, 4) is 0 Å². The molecular weight excluding hydrogens is 296 g/mol. The third-order valence-corrected chi connectivity index (χ3v) is 4.16. The molecule has 1 aliphatic carbocycles. The molecule has 0 saturated heterocycles. The summed E-state index contributed by atoms with van der Waals surface area (Å²) in [6, 6.07) is 5.06.